The highest BCUT2D eigenvalue weighted by molar-refractivity contribution is 9.09. The number of rotatable bonds is 15. The number of carboxylic acids is 1. The number of benzene rings is 2. The second-order valence-corrected chi connectivity index (χ2v) is 20.5. The van der Waals surface area contributed by atoms with Gasteiger partial charge in [0.05, 0.1) is 86.5 Å². The largest absolute Gasteiger partial charge is 0.496 e. The lowest BCUT2D eigenvalue weighted by Crippen LogP contribution is -2.40. The number of anilines is 6. The summed E-state index contributed by atoms with van der Waals surface area (Å²) in [6.45, 7) is 13.2. The molecule has 0 aliphatic carbocycles. The van der Waals surface area contributed by atoms with Gasteiger partial charge < -0.3 is 71.1 Å². The van der Waals surface area contributed by atoms with Crippen molar-refractivity contribution in [1.82, 2.24) is 49.3 Å². The van der Waals surface area contributed by atoms with E-state index in [0.717, 1.165) is 132 Å². The third-order valence-electron chi connectivity index (χ3n) is 14.4. The number of alkyl halides is 4. The van der Waals surface area contributed by atoms with Gasteiger partial charge >= 0.3 is 12.1 Å². The second-order valence-electron chi connectivity index (χ2n) is 20.0. The Morgan fingerprint density at radius 1 is 0.732 bits per heavy atom. The van der Waals surface area contributed by atoms with Crippen LogP contribution in [0, 0.1) is 27.7 Å². The summed E-state index contributed by atoms with van der Waals surface area (Å²) in [6, 6.07) is 8.35. The molecular weight excluding hydrogens is 1140 g/mol. The first-order chi connectivity index (χ1) is 39.1. The van der Waals surface area contributed by atoms with E-state index in [0.29, 0.717) is 43.2 Å². The number of nitrogens with two attached hydrogens (primary N) is 2. The molecule has 442 valence electrons. The molecule has 10 rings (SSSR count). The number of aliphatic hydroxyl groups is 2. The first kappa shape index (κ1) is 61.9. The van der Waals surface area contributed by atoms with Crippen molar-refractivity contribution in [3.05, 3.63) is 94.1 Å². The fourth-order valence-corrected chi connectivity index (χ4v) is 9.98. The number of nitrogens with zero attached hydrogens (tertiary/aromatic N) is 11. The maximum absolute atomic E-state index is 11.5. The smallest absolute Gasteiger partial charge is 0.490 e. The molecule has 0 bridgehead atoms. The van der Waals surface area contributed by atoms with Crippen molar-refractivity contribution in [3.8, 4) is 22.9 Å². The zero-order valence-corrected chi connectivity index (χ0v) is 48.1. The van der Waals surface area contributed by atoms with Crippen molar-refractivity contribution in [2.75, 3.05) is 85.9 Å². The molecule has 82 heavy (non-hydrogen) atoms. The maximum atomic E-state index is 11.5. The van der Waals surface area contributed by atoms with E-state index in [1.54, 1.807) is 26.9 Å². The average Bonchev–Trinajstić information content (AvgIpc) is 4.33. The number of aryl methyl sites for hydroxylation is 2. The van der Waals surface area contributed by atoms with Gasteiger partial charge in [0.25, 0.3) is 0 Å². The SMILES string of the molecule is COc1cc(-n2cnc(Nc3nc4c(c(N5CCC[C@H]5CO)n3)CCN(CC(N)=O)C4)c2)cc(C)c1C.COc1cc(-n2cnc(Nc3nc4c(c(N5CCC[C@H]5CO)n3)CCNC4)c2)cc(C)c1C.NC(=O)CBr.O=C(O)C(F)(F)F. The van der Waals surface area contributed by atoms with Crippen molar-refractivity contribution < 1.29 is 52.3 Å². The van der Waals surface area contributed by atoms with Crippen molar-refractivity contribution >= 4 is 68.9 Å². The summed E-state index contributed by atoms with van der Waals surface area (Å²) >= 11 is 2.84. The predicted octanol–water partition coefficient (Wildman–Crippen LogP) is 4.97. The van der Waals surface area contributed by atoms with Crippen LogP contribution in [0.2, 0.25) is 0 Å². The Balaban J connectivity index is 0.000000198. The fraction of sp³-hybridized carbons (Fsp3) is 0.463. The highest BCUT2D eigenvalue weighted by Crippen LogP contribution is 2.35. The summed E-state index contributed by atoms with van der Waals surface area (Å²) in [6.07, 6.45) is 7.83. The standard InChI is InChI=1S/C26H34N8O3.C24H31N7O2.C2H4BrNO.C2HF3O2/c1-16-9-19(10-22(37-3)17(16)2)33-13-24(28-15-33)30-26-29-21-11-32(12-23(27)36)8-6-20(21)25(31-26)34-7-4-5-18(34)14-35;1-15-9-18(10-21(33-3)16(15)2)30-12-22(26-14-30)28-24-27-20-11-25-7-6-19(20)23(29-24)31-8-4-5-17(31)13-32;3-1-2(4)5;3-2(4,5)1(6)7/h9-10,13,15,18,35H,4-8,11-12,14H2,1-3H3,(H2,27,36)(H,29,30,31);9-10,12,14,17,25,32H,4-8,11,13H2,1-3H3,(H,27,28,29);1H2,(H2,4,5);(H,6,7)/t18-;17-;;/m00../s1. The normalized spacial score (nSPS) is 16.5. The molecule has 2 fully saturated rings. The van der Waals surface area contributed by atoms with E-state index in [-0.39, 0.29) is 49.0 Å². The van der Waals surface area contributed by atoms with Gasteiger partial charge in [-0.3, -0.25) is 14.5 Å². The molecule has 4 aromatic heterocycles. The molecule has 24 nitrogen and oxygen atoms in total. The second kappa shape index (κ2) is 27.9. The average molecular weight is 1210 g/mol. The summed E-state index contributed by atoms with van der Waals surface area (Å²) < 4.78 is 46.7. The van der Waals surface area contributed by atoms with Gasteiger partial charge in [-0.05, 0) is 107 Å². The molecule has 2 aromatic carbocycles. The van der Waals surface area contributed by atoms with E-state index in [4.69, 9.17) is 45.0 Å². The first-order valence-electron chi connectivity index (χ1n) is 26.5. The van der Waals surface area contributed by atoms with Gasteiger partial charge in [-0.25, -0.2) is 24.7 Å². The summed E-state index contributed by atoms with van der Waals surface area (Å²) in [5, 5.41) is 37.2. The Bertz CT molecular complexity index is 3220. The summed E-state index contributed by atoms with van der Waals surface area (Å²) in [5.41, 5.74) is 20.6. The van der Waals surface area contributed by atoms with Crippen molar-refractivity contribution in [2.45, 2.75) is 97.6 Å². The fourth-order valence-electron chi connectivity index (χ4n) is 9.98. The number of hydrogen-bond donors (Lipinski definition) is 8. The number of aliphatic hydroxyl groups excluding tert-OH is 2. The molecular formula is C54H70BrF3N16O8. The van der Waals surface area contributed by atoms with Gasteiger partial charge in [-0.2, -0.15) is 23.1 Å². The Labute approximate surface area is 480 Å². The first-order valence-corrected chi connectivity index (χ1v) is 27.6. The number of amides is 2. The molecule has 0 spiro atoms. The number of aromatic nitrogens is 8. The number of nitrogens with one attached hydrogen (secondary N) is 3. The lowest BCUT2D eigenvalue weighted by Gasteiger charge is -2.32. The van der Waals surface area contributed by atoms with Gasteiger partial charge in [0.15, 0.2) is 11.6 Å². The van der Waals surface area contributed by atoms with Gasteiger partial charge in [0.2, 0.25) is 23.7 Å². The van der Waals surface area contributed by atoms with Crippen LogP contribution in [-0.4, -0.2) is 161 Å². The monoisotopic (exact) mass is 1210 g/mol. The van der Waals surface area contributed by atoms with Gasteiger partial charge in [-0.1, -0.05) is 15.9 Å². The van der Waals surface area contributed by atoms with Crippen LogP contribution in [0.5, 0.6) is 11.5 Å². The van der Waals surface area contributed by atoms with Crippen LogP contribution < -0.4 is 46.7 Å². The Kier molecular flexibility index (Phi) is 21.1. The predicted molar refractivity (Wildman–Crippen MR) is 305 cm³/mol. The number of carbonyl (C=O) groups excluding carboxylic acids is 2. The topological polar surface area (TPSA) is 315 Å². The molecule has 10 N–H and O–H groups in total. The van der Waals surface area contributed by atoms with Gasteiger partial charge in [0.1, 0.15) is 35.8 Å². The Hall–Kier alpha value is -7.66. The van der Waals surface area contributed by atoms with Crippen LogP contribution in [0.15, 0.2) is 49.3 Å². The maximum Gasteiger partial charge on any atom is 0.490 e. The van der Waals surface area contributed by atoms with Crippen LogP contribution in [0.4, 0.5) is 48.3 Å². The molecule has 6 aromatic rings. The number of primary amides is 2. The molecule has 0 saturated carbocycles. The molecule has 2 amide bonds. The number of hydrogen-bond acceptors (Lipinski definition) is 19. The highest BCUT2D eigenvalue weighted by Gasteiger charge is 2.38. The number of carbonyl (C=O) groups is 3. The van der Waals surface area contributed by atoms with Crippen LogP contribution in [0.25, 0.3) is 11.4 Å². The van der Waals surface area contributed by atoms with Gasteiger partial charge in [-0.15, -0.1) is 0 Å². The van der Waals surface area contributed by atoms with Crippen LogP contribution in [-0.2, 0) is 40.3 Å². The number of ether oxygens (including phenoxy) is 2. The van der Waals surface area contributed by atoms with E-state index in [2.05, 4.69) is 90.3 Å². The van der Waals surface area contributed by atoms with Crippen molar-refractivity contribution in [3.63, 3.8) is 0 Å². The lowest BCUT2D eigenvalue weighted by atomic mass is 10.0. The zero-order chi connectivity index (χ0) is 59.4. The van der Waals surface area contributed by atoms with Crippen LogP contribution >= 0.6 is 15.9 Å². The van der Waals surface area contributed by atoms with E-state index in [9.17, 15) is 33.0 Å². The Morgan fingerprint density at radius 2 is 1.20 bits per heavy atom. The molecule has 0 radical (unpaired) electrons. The van der Waals surface area contributed by atoms with E-state index >= 15 is 0 Å². The molecule has 4 aliphatic heterocycles. The molecule has 28 heteroatoms. The minimum Gasteiger partial charge on any atom is -0.496 e. The van der Waals surface area contributed by atoms with E-state index in [1.165, 1.54) is 5.56 Å². The van der Waals surface area contributed by atoms with E-state index in [1.807, 2.05) is 45.5 Å². The number of halogens is 4. The highest BCUT2D eigenvalue weighted by atomic mass is 79.9. The Morgan fingerprint density at radius 3 is 1.62 bits per heavy atom. The summed E-state index contributed by atoms with van der Waals surface area (Å²) in [5.74, 6) is 2.26. The zero-order valence-electron chi connectivity index (χ0n) is 46.6. The number of aliphatic carboxylic acids is 1. The number of methoxy groups -OCH3 is 2. The quantitative estimate of drug-likeness (QED) is 0.0629. The van der Waals surface area contributed by atoms with Gasteiger partial charge in [0, 0.05) is 56.0 Å². The molecule has 0 unspecified atom stereocenters. The van der Waals surface area contributed by atoms with Crippen molar-refractivity contribution in [1.29, 1.82) is 0 Å². The summed E-state index contributed by atoms with van der Waals surface area (Å²) in [4.78, 5) is 64.8. The van der Waals surface area contributed by atoms with E-state index < -0.39 is 12.1 Å². The third-order valence-corrected chi connectivity index (χ3v) is 15.0. The minimum absolute atomic E-state index is 0.0365. The summed E-state index contributed by atoms with van der Waals surface area (Å²) in [7, 11) is 3.36. The lowest BCUT2D eigenvalue weighted by molar-refractivity contribution is -0.192. The molecule has 4 aliphatic rings. The number of carboxylic acid groups (broad SMARTS) is 1. The van der Waals surface area contributed by atoms with Crippen LogP contribution in [0.3, 0.4) is 0 Å². The van der Waals surface area contributed by atoms with Crippen molar-refractivity contribution in [2.24, 2.45) is 11.5 Å². The molecule has 2 atom stereocenters. The number of fused-ring (bicyclic) bond motifs is 2. The van der Waals surface area contributed by atoms with Crippen LogP contribution in [0.1, 0.15) is 70.5 Å². The third kappa shape index (κ3) is 15.5. The minimum atomic E-state index is -5.08. The molecule has 2 saturated heterocycles. The molecule has 8 heterocycles. The number of imidazole rings is 2.